The Morgan fingerprint density at radius 1 is 1.48 bits per heavy atom. The maximum atomic E-state index is 12.7. The number of nitrogens with zero attached hydrogens (tertiary/aromatic N) is 2. The lowest BCUT2D eigenvalue weighted by atomic mass is 10.1. The Kier molecular flexibility index (Phi) is 3.72. The molecule has 2 aromatic rings. The number of pyridine rings is 1. The number of hydrazine groups is 1. The summed E-state index contributed by atoms with van der Waals surface area (Å²) in [6.07, 6.45) is 0.841. The number of aliphatic hydroxyl groups excluding tert-OH is 1. The van der Waals surface area contributed by atoms with Gasteiger partial charge in [0.1, 0.15) is 5.82 Å². The van der Waals surface area contributed by atoms with Gasteiger partial charge in [0.05, 0.1) is 11.1 Å². The molecule has 0 radical (unpaired) electrons. The first-order valence-electron chi connectivity index (χ1n) is 6.99. The van der Waals surface area contributed by atoms with E-state index in [1.54, 1.807) is 11.0 Å². The Balaban J connectivity index is 2.01. The van der Waals surface area contributed by atoms with Crippen molar-refractivity contribution in [3.05, 3.63) is 35.9 Å². The summed E-state index contributed by atoms with van der Waals surface area (Å²) in [6.45, 7) is 1.39. The van der Waals surface area contributed by atoms with E-state index in [0.29, 0.717) is 24.5 Å². The summed E-state index contributed by atoms with van der Waals surface area (Å²) < 4.78 is 0. The van der Waals surface area contributed by atoms with E-state index in [4.69, 9.17) is 5.84 Å². The van der Waals surface area contributed by atoms with Crippen LogP contribution in [-0.4, -0.2) is 40.6 Å². The summed E-state index contributed by atoms with van der Waals surface area (Å²) in [5.41, 5.74) is 3.82. The minimum absolute atomic E-state index is 0.0407. The number of fused-ring (bicyclic) bond motifs is 1. The predicted molar refractivity (Wildman–Crippen MR) is 80.6 cm³/mol. The number of anilines is 1. The Bertz CT molecular complexity index is 674. The van der Waals surface area contributed by atoms with Crippen LogP contribution in [0.1, 0.15) is 16.8 Å². The third-order valence-corrected chi connectivity index (χ3v) is 3.93. The maximum absolute atomic E-state index is 12.7. The van der Waals surface area contributed by atoms with Crippen molar-refractivity contribution in [1.29, 1.82) is 0 Å². The third kappa shape index (κ3) is 2.55. The van der Waals surface area contributed by atoms with Gasteiger partial charge in [0.2, 0.25) is 0 Å². The smallest absolute Gasteiger partial charge is 0.254 e. The van der Waals surface area contributed by atoms with Gasteiger partial charge in [0.15, 0.2) is 0 Å². The molecule has 0 aliphatic carbocycles. The molecule has 1 unspecified atom stereocenters. The first kappa shape index (κ1) is 13.8. The number of carbonyl (C=O) groups is 1. The Morgan fingerprint density at radius 3 is 3.00 bits per heavy atom. The number of para-hydroxylation sites is 1. The van der Waals surface area contributed by atoms with Gasteiger partial charge in [-0.05, 0) is 18.6 Å². The molecule has 1 fully saturated rings. The molecule has 3 rings (SSSR count). The van der Waals surface area contributed by atoms with Crippen molar-refractivity contribution in [2.45, 2.75) is 6.42 Å². The number of likely N-dealkylation sites (tertiary alicyclic amines) is 1. The van der Waals surface area contributed by atoms with Crippen molar-refractivity contribution in [3.63, 3.8) is 0 Å². The van der Waals surface area contributed by atoms with Crippen LogP contribution in [-0.2, 0) is 0 Å². The lowest BCUT2D eigenvalue weighted by Crippen LogP contribution is -2.29. The van der Waals surface area contributed by atoms with Gasteiger partial charge in [-0.2, -0.15) is 0 Å². The predicted octanol–water partition coefficient (Wildman–Crippen LogP) is 0.975. The van der Waals surface area contributed by atoms with Crippen molar-refractivity contribution in [2.24, 2.45) is 11.8 Å². The zero-order chi connectivity index (χ0) is 14.8. The van der Waals surface area contributed by atoms with Crippen LogP contribution in [0.15, 0.2) is 30.3 Å². The molecule has 1 saturated heterocycles. The molecule has 6 heteroatoms. The van der Waals surface area contributed by atoms with E-state index >= 15 is 0 Å². The Morgan fingerprint density at radius 2 is 2.29 bits per heavy atom. The topological polar surface area (TPSA) is 91.5 Å². The molecule has 0 saturated carbocycles. The van der Waals surface area contributed by atoms with Crippen molar-refractivity contribution < 1.29 is 9.90 Å². The number of aromatic nitrogens is 1. The monoisotopic (exact) mass is 286 g/mol. The molecule has 110 valence electrons. The molecular formula is C15H18N4O2. The fourth-order valence-corrected chi connectivity index (χ4v) is 2.76. The highest BCUT2D eigenvalue weighted by Crippen LogP contribution is 2.24. The number of rotatable bonds is 3. The second-order valence-electron chi connectivity index (χ2n) is 5.30. The van der Waals surface area contributed by atoms with Crippen molar-refractivity contribution in [1.82, 2.24) is 9.88 Å². The lowest BCUT2D eigenvalue weighted by Gasteiger charge is -2.18. The Hall–Kier alpha value is -2.18. The van der Waals surface area contributed by atoms with E-state index in [0.717, 1.165) is 17.3 Å². The van der Waals surface area contributed by atoms with Gasteiger partial charge in [-0.3, -0.25) is 4.79 Å². The first-order chi connectivity index (χ1) is 10.2. The van der Waals surface area contributed by atoms with Crippen LogP contribution in [0.2, 0.25) is 0 Å². The number of hydrogen-bond donors (Lipinski definition) is 3. The number of carbonyl (C=O) groups excluding carboxylic acids is 1. The number of amides is 1. The van der Waals surface area contributed by atoms with Crippen molar-refractivity contribution in [2.75, 3.05) is 25.1 Å². The fourth-order valence-electron chi connectivity index (χ4n) is 2.76. The number of hydrogen-bond acceptors (Lipinski definition) is 5. The summed E-state index contributed by atoms with van der Waals surface area (Å²) in [6, 6.07) is 9.18. The quantitative estimate of drug-likeness (QED) is 0.578. The fraction of sp³-hybridized carbons (Fsp3) is 0.333. The molecule has 1 amide bonds. The highest BCUT2D eigenvalue weighted by Gasteiger charge is 2.27. The molecule has 1 aliphatic rings. The average Bonchev–Trinajstić information content (AvgIpc) is 3.02. The zero-order valence-electron chi connectivity index (χ0n) is 11.6. The second kappa shape index (κ2) is 5.67. The molecule has 0 bridgehead atoms. The molecule has 6 nitrogen and oxygen atoms in total. The van der Waals surface area contributed by atoms with Crippen LogP contribution in [0.4, 0.5) is 5.82 Å². The number of nitrogens with two attached hydrogens (primary N) is 1. The normalized spacial score (nSPS) is 18.2. The SMILES string of the molecule is NNc1cc(C(=O)N2CCC(CO)C2)c2ccccc2n1. The average molecular weight is 286 g/mol. The van der Waals surface area contributed by atoms with Gasteiger partial charge in [-0.15, -0.1) is 0 Å². The van der Waals surface area contributed by atoms with Gasteiger partial charge in [-0.1, -0.05) is 18.2 Å². The molecule has 1 aliphatic heterocycles. The zero-order valence-corrected chi connectivity index (χ0v) is 11.6. The maximum Gasteiger partial charge on any atom is 0.254 e. The van der Waals surface area contributed by atoms with Gasteiger partial charge in [0, 0.05) is 31.0 Å². The largest absolute Gasteiger partial charge is 0.396 e. The summed E-state index contributed by atoms with van der Waals surface area (Å²) in [5, 5.41) is 10.0. The highest BCUT2D eigenvalue weighted by molar-refractivity contribution is 6.07. The minimum Gasteiger partial charge on any atom is -0.396 e. The third-order valence-electron chi connectivity index (χ3n) is 3.93. The summed E-state index contributed by atoms with van der Waals surface area (Å²) in [5.74, 6) is 6.04. The van der Waals surface area contributed by atoms with Crippen LogP contribution in [0.25, 0.3) is 10.9 Å². The molecule has 4 N–H and O–H groups in total. The summed E-state index contributed by atoms with van der Waals surface area (Å²) >= 11 is 0. The van der Waals surface area contributed by atoms with Crippen LogP contribution in [0.5, 0.6) is 0 Å². The number of nitrogen functional groups attached to an aromatic ring is 1. The van der Waals surface area contributed by atoms with Crippen LogP contribution in [0.3, 0.4) is 0 Å². The summed E-state index contributed by atoms with van der Waals surface area (Å²) in [7, 11) is 0. The molecule has 21 heavy (non-hydrogen) atoms. The molecule has 2 heterocycles. The van der Waals surface area contributed by atoms with Crippen molar-refractivity contribution in [3.8, 4) is 0 Å². The molecule has 1 aromatic heterocycles. The van der Waals surface area contributed by atoms with E-state index in [1.807, 2.05) is 24.3 Å². The van der Waals surface area contributed by atoms with E-state index in [9.17, 15) is 9.90 Å². The molecular weight excluding hydrogens is 268 g/mol. The summed E-state index contributed by atoms with van der Waals surface area (Å²) in [4.78, 5) is 18.9. The molecule has 0 spiro atoms. The van der Waals surface area contributed by atoms with Gasteiger partial charge < -0.3 is 15.4 Å². The van der Waals surface area contributed by atoms with Crippen molar-refractivity contribution >= 4 is 22.6 Å². The van der Waals surface area contributed by atoms with E-state index in [2.05, 4.69) is 10.4 Å². The number of benzene rings is 1. The van der Waals surface area contributed by atoms with E-state index < -0.39 is 0 Å². The van der Waals surface area contributed by atoms with Gasteiger partial charge in [-0.25, -0.2) is 10.8 Å². The van der Waals surface area contributed by atoms with Crippen LogP contribution >= 0.6 is 0 Å². The van der Waals surface area contributed by atoms with Gasteiger partial charge >= 0.3 is 0 Å². The first-order valence-corrected chi connectivity index (χ1v) is 6.99. The van der Waals surface area contributed by atoms with Gasteiger partial charge in [0.25, 0.3) is 5.91 Å². The Labute approximate surface area is 122 Å². The lowest BCUT2D eigenvalue weighted by molar-refractivity contribution is 0.0784. The molecule has 1 atom stereocenters. The number of aliphatic hydroxyl groups is 1. The standard InChI is InChI=1S/C15H18N4O2/c16-18-14-7-12(11-3-1-2-4-13(11)17-14)15(21)19-6-5-10(8-19)9-20/h1-4,7,10,20H,5-6,8-9,16H2,(H,17,18). The second-order valence-corrected chi connectivity index (χ2v) is 5.30. The van der Waals surface area contributed by atoms with Crippen LogP contribution < -0.4 is 11.3 Å². The van der Waals surface area contributed by atoms with E-state index in [-0.39, 0.29) is 18.4 Å². The van der Waals surface area contributed by atoms with E-state index in [1.165, 1.54) is 0 Å². The number of nitrogens with one attached hydrogen (secondary N) is 1. The molecule has 1 aromatic carbocycles. The highest BCUT2D eigenvalue weighted by atomic mass is 16.3. The minimum atomic E-state index is -0.0407. The van der Waals surface area contributed by atoms with Crippen LogP contribution in [0, 0.1) is 5.92 Å².